The maximum atomic E-state index is 12.6. The number of hydrogen-bond donors (Lipinski definition) is 1. The molecule has 0 spiro atoms. The molecule has 0 aliphatic carbocycles. The van der Waals surface area contributed by atoms with E-state index in [4.69, 9.17) is 4.74 Å². The van der Waals surface area contributed by atoms with Crippen molar-refractivity contribution in [1.29, 1.82) is 0 Å². The van der Waals surface area contributed by atoms with Gasteiger partial charge < -0.3 is 14.6 Å². The Kier molecular flexibility index (Phi) is 4.56. The average Bonchev–Trinajstić information content (AvgIpc) is 3.06. The second kappa shape index (κ2) is 6.95. The number of ether oxygens (including phenoxy) is 1. The number of benzene rings is 1. The number of methoxy groups -OCH3 is 1. The van der Waals surface area contributed by atoms with E-state index >= 15 is 0 Å². The van der Waals surface area contributed by atoms with Gasteiger partial charge in [-0.1, -0.05) is 12.1 Å². The molecule has 0 aliphatic rings. The number of imidazole rings is 1. The van der Waals surface area contributed by atoms with Gasteiger partial charge in [-0.05, 0) is 29.8 Å². The standard InChI is InChI=1S/C18H18N4O2/c1-22-11-10-20-17(22)16(14-4-3-5-15(12-14)24-2)21-18(23)13-6-8-19-9-7-13/h3-12,16H,1-2H3,(H,21,23). The highest BCUT2D eigenvalue weighted by molar-refractivity contribution is 5.94. The van der Waals surface area contributed by atoms with Gasteiger partial charge in [-0.15, -0.1) is 0 Å². The van der Waals surface area contributed by atoms with E-state index in [1.165, 1.54) is 0 Å². The minimum absolute atomic E-state index is 0.187. The van der Waals surface area contributed by atoms with Crippen LogP contribution in [0.15, 0.2) is 61.2 Å². The van der Waals surface area contributed by atoms with Crippen LogP contribution in [0.2, 0.25) is 0 Å². The Morgan fingerprint density at radius 2 is 2.00 bits per heavy atom. The molecule has 3 rings (SSSR count). The van der Waals surface area contributed by atoms with Gasteiger partial charge in [0.2, 0.25) is 0 Å². The van der Waals surface area contributed by atoms with Crippen molar-refractivity contribution in [3.8, 4) is 5.75 Å². The number of aryl methyl sites for hydroxylation is 1. The maximum absolute atomic E-state index is 12.6. The molecule has 0 saturated carbocycles. The Balaban J connectivity index is 1.96. The third-order valence-electron chi connectivity index (χ3n) is 3.76. The molecule has 0 aliphatic heterocycles. The van der Waals surface area contributed by atoms with Gasteiger partial charge >= 0.3 is 0 Å². The van der Waals surface area contributed by atoms with Crippen LogP contribution in [0.3, 0.4) is 0 Å². The van der Waals surface area contributed by atoms with Gasteiger partial charge in [0.25, 0.3) is 5.91 Å². The first-order valence-electron chi connectivity index (χ1n) is 7.51. The van der Waals surface area contributed by atoms with Gasteiger partial charge in [0.1, 0.15) is 17.6 Å². The van der Waals surface area contributed by atoms with Crippen molar-refractivity contribution in [3.05, 3.63) is 78.1 Å². The SMILES string of the molecule is COc1cccc(C(NC(=O)c2ccncc2)c2nccn2C)c1. The third-order valence-corrected chi connectivity index (χ3v) is 3.76. The van der Waals surface area contributed by atoms with Gasteiger partial charge in [-0.2, -0.15) is 0 Å². The molecule has 1 aromatic carbocycles. The smallest absolute Gasteiger partial charge is 0.252 e. The topological polar surface area (TPSA) is 69.0 Å². The monoisotopic (exact) mass is 322 g/mol. The number of aromatic nitrogens is 3. The fourth-order valence-corrected chi connectivity index (χ4v) is 2.49. The quantitative estimate of drug-likeness (QED) is 0.783. The number of nitrogens with zero attached hydrogens (tertiary/aromatic N) is 3. The van der Waals surface area contributed by atoms with Crippen molar-refractivity contribution in [1.82, 2.24) is 19.9 Å². The first-order valence-corrected chi connectivity index (χ1v) is 7.51. The number of amides is 1. The number of carbonyl (C=O) groups excluding carboxylic acids is 1. The van der Waals surface area contributed by atoms with Crippen LogP contribution in [0.5, 0.6) is 5.75 Å². The lowest BCUT2D eigenvalue weighted by Gasteiger charge is -2.19. The number of nitrogens with one attached hydrogen (secondary N) is 1. The van der Waals surface area contributed by atoms with Crippen LogP contribution in [0.25, 0.3) is 0 Å². The Bertz CT molecular complexity index is 830. The third kappa shape index (κ3) is 3.27. The molecule has 24 heavy (non-hydrogen) atoms. The molecule has 6 heteroatoms. The van der Waals surface area contributed by atoms with E-state index in [1.807, 2.05) is 42.1 Å². The highest BCUT2D eigenvalue weighted by atomic mass is 16.5. The molecule has 0 fully saturated rings. The lowest BCUT2D eigenvalue weighted by molar-refractivity contribution is 0.0941. The minimum atomic E-state index is -0.388. The Labute approximate surface area is 140 Å². The maximum Gasteiger partial charge on any atom is 0.252 e. The summed E-state index contributed by atoms with van der Waals surface area (Å²) in [6, 6.07) is 10.6. The van der Waals surface area contributed by atoms with E-state index in [2.05, 4.69) is 15.3 Å². The number of hydrogen-bond acceptors (Lipinski definition) is 4. The zero-order valence-corrected chi connectivity index (χ0v) is 13.5. The number of rotatable bonds is 5. The summed E-state index contributed by atoms with van der Waals surface area (Å²) in [5, 5.41) is 3.04. The van der Waals surface area contributed by atoms with E-state index in [9.17, 15) is 4.79 Å². The number of pyridine rings is 1. The Hall–Kier alpha value is -3.15. The van der Waals surface area contributed by atoms with Gasteiger partial charge in [-0.3, -0.25) is 9.78 Å². The summed E-state index contributed by atoms with van der Waals surface area (Å²) < 4.78 is 7.18. The second-order valence-electron chi connectivity index (χ2n) is 5.32. The van der Waals surface area contributed by atoms with E-state index in [0.29, 0.717) is 5.56 Å². The highest BCUT2D eigenvalue weighted by Gasteiger charge is 2.21. The van der Waals surface area contributed by atoms with Crippen LogP contribution >= 0.6 is 0 Å². The first-order chi connectivity index (χ1) is 11.7. The molecule has 0 radical (unpaired) electrons. The first kappa shape index (κ1) is 15.7. The molecule has 0 bridgehead atoms. The van der Waals surface area contributed by atoms with Crippen LogP contribution in [0.4, 0.5) is 0 Å². The fourth-order valence-electron chi connectivity index (χ4n) is 2.49. The minimum Gasteiger partial charge on any atom is -0.497 e. The van der Waals surface area contributed by atoms with Crippen molar-refractivity contribution in [3.63, 3.8) is 0 Å². The van der Waals surface area contributed by atoms with Crippen molar-refractivity contribution in [2.45, 2.75) is 6.04 Å². The lowest BCUT2D eigenvalue weighted by atomic mass is 10.0. The predicted molar refractivity (Wildman–Crippen MR) is 89.7 cm³/mol. The van der Waals surface area contributed by atoms with Crippen molar-refractivity contribution < 1.29 is 9.53 Å². The molecule has 6 nitrogen and oxygen atoms in total. The van der Waals surface area contributed by atoms with E-state index in [1.54, 1.807) is 37.8 Å². The summed E-state index contributed by atoms with van der Waals surface area (Å²) in [5.41, 5.74) is 1.44. The van der Waals surface area contributed by atoms with Crippen LogP contribution in [-0.2, 0) is 7.05 Å². The average molecular weight is 322 g/mol. The summed E-state index contributed by atoms with van der Waals surface area (Å²) >= 11 is 0. The molecule has 1 unspecified atom stereocenters. The van der Waals surface area contributed by atoms with Crippen LogP contribution < -0.4 is 10.1 Å². The lowest BCUT2D eigenvalue weighted by Crippen LogP contribution is -2.31. The Morgan fingerprint density at radius 1 is 1.21 bits per heavy atom. The van der Waals surface area contributed by atoms with Crippen LogP contribution in [-0.4, -0.2) is 27.6 Å². The molecule has 3 aromatic rings. The summed E-state index contributed by atoms with van der Waals surface area (Å²) in [4.78, 5) is 20.9. The zero-order chi connectivity index (χ0) is 16.9. The summed E-state index contributed by atoms with van der Waals surface area (Å²) in [6.07, 6.45) is 6.74. The van der Waals surface area contributed by atoms with Crippen molar-refractivity contribution in [2.24, 2.45) is 7.05 Å². The fraction of sp³-hybridized carbons (Fsp3) is 0.167. The van der Waals surface area contributed by atoms with E-state index < -0.39 is 0 Å². The highest BCUT2D eigenvalue weighted by Crippen LogP contribution is 2.24. The molecule has 0 saturated heterocycles. The molecule has 1 atom stereocenters. The molecular weight excluding hydrogens is 304 g/mol. The second-order valence-corrected chi connectivity index (χ2v) is 5.32. The zero-order valence-electron chi connectivity index (χ0n) is 13.5. The van der Waals surface area contributed by atoms with Gasteiger partial charge in [0.05, 0.1) is 7.11 Å². The number of carbonyl (C=O) groups is 1. The Morgan fingerprint density at radius 3 is 2.67 bits per heavy atom. The molecule has 1 N–H and O–H groups in total. The largest absolute Gasteiger partial charge is 0.497 e. The van der Waals surface area contributed by atoms with Crippen LogP contribution in [0, 0.1) is 0 Å². The molecular formula is C18H18N4O2. The molecule has 2 aromatic heterocycles. The summed E-state index contributed by atoms with van der Waals surface area (Å²) in [6.45, 7) is 0. The van der Waals surface area contributed by atoms with Gasteiger partial charge in [0, 0.05) is 37.4 Å². The molecule has 1 amide bonds. The summed E-state index contributed by atoms with van der Waals surface area (Å²) in [7, 11) is 3.51. The predicted octanol–water partition coefficient (Wildman–Crippen LogP) is 2.34. The normalized spacial score (nSPS) is 11.8. The van der Waals surface area contributed by atoms with Crippen LogP contribution in [0.1, 0.15) is 27.8 Å². The molecule has 2 heterocycles. The summed E-state index contributed by atoms with van der Waals surface area (Å²) in [5.74, 6) is 1.28. The molecule has 122 valence electrons. The van der Waals surface area contributed by atoms with Gasteiger partial charge in [0.15, 0.2) is 0 Å². The van der Waals surface area contributed by atoms with E-state index in [-0.39, 0.29) is 11.9 Å². The van der Waals surface area contributed by atoms with Crippen molar-refractivity contribution in [2.75, 3.05) is 7.11 Å². The van der Waals surface area contributed by atoms with E-state index in [0.717, 1.165) is 17.1 Å². The van der Waals surface area contributed by atoms with Crippen molar-refractivity contribution >= 4 is 5.91 Å². The van der Waals surface area contributed by atoms with Gasteiger partial charge in [-0.25, -0.2) is 4.98 Å².